The molecule has 0 radical (unpaired) electrons. The number of esters is 1. The molecule has 0 bridgehead atoms. The summed E-state index contributed by atoms with van der Waals surface area (Å²) in [5.41, 5.74) is 1.74. The molecule has 0 unspecified atom stereocenters. The molecular formula is C28H20N2O3S2. The van der Waals surface area contributed by atoms with Gasteiger partial charge in [0.1, 0.15) is 20.5 Å². The molecule has 7 heteroatoms. The first-order valence-corrected chi connectivity index (χ1v) is 12.3. The zero-order chi connectivity index (χ0) is 24.4. The summed E-state index contributed by atoms with van der Waals surface area (Å²) >= 11 is 6.62. The number of benzene rings is 4. The van der Waals surface area contributed by atoms with Crippen molar-refractivity contribution in [2.45, 2.75) is 6.92 Å². The molecule has 0 atom stereocenters. The number of thiocarbonyl (C=S) groups is 1. The van der Waals surface area contributed by atoms with Gasteiger partial charge in [-0.25, -0.2) is 14.8 Å². The van der Waals surface area contributed by atoms with Crippen molar-refractivity contribution in [2.75, 3.05) is 6.61 Å². The molecule has 5 nitrogen and oxygen atoms in total. The highest BCUT2D eigenvalue weighted by atomic mass is 32.2. The summed E-state index contributed by atoms with van der Waals surface area (Å²) in [6.07, 6.45) is 0. The van der Waals surface area contributed by atoms with E-state index in [1.54, 1.807) is 6.92 Å². The Bertz CT molecular complexity index is 1580. The van der Waals surface area contributed by atoms with Crippen LogP contribution in [0.1, 0.15) is 6.92 Å². The van der Waals surface area contributed by atoms with Crippen LogP contribution in [0.4, 0.5) is 11.4 Å². The number of hydrogen-bond donors (Lipinski definition) is 1. The maximum absolute atomic E-state index is 12.6. The molecule has 0 aromatic heterocycles. The fraction of sp³-hybridized carbons (Fsp3) is 0.0714. The van der Waals surface area contributed by atoms with Crippen molar-refractivity contribution in [3.63, 3.8) is 0 Å². The molecule has 4 aromatic carbocycles. The molecule has 0 aliphatic carbocycles. The molecule has 0 fully saturated rings. The fourth-order valence-electron chi connectivity index (χ4n) is 3.86. The Morgan fingerprint density at radius 1 is 0.857 bits per heavy atom. The Hall–Kier alpha value is -3.81. The average molecular weight is 497 g/mol. The van der Waals surface area contributed by atoms with E-state index < -0.39 is 5.97 Å². The largest absolute Gasteiger partial charge is 0.505 e. The first-order valence-electron chi connectivity index (χ1n) is 11.0. The van der Waals surface area contributed by atoms with Gasteiger partial charge in [0.05, 0.1) is 18.0 Å². The fourth-order valence-corrected chi connectivity index (χ4v) is 5.15. The number of nitrogens with zero attached hydrogens (tertiary/aromatic N) is 2. The van der Waals surface area contributed by atoms with Crippen LogP contribution >= 0.6 is 24.0 Å². The molecule has 5 rings (SSSR count). The summed E-state index contributed by atoms with van der Waals surface area (Å²) in [5.74, 6) is -0.966. The number of hydrogen-bond acceptors (Lipinski definition) is 7. The van der Waals surface area contributed by atoms with Crippen LogP contribution < -0.4 is 0 Å². The maximum atomic E-state index is 12.6. The summed E-state index contributed by atoms with van der Waals surface area (Å²) < 4.78 is 5.15. The van der Waals surface area contributed by atoms with Crippen LogP contribution in [0.25, 0.3) is 21.5 Å². The van der Waals surface area contributed by atoms with Crippen LogP contribution in [-0.4, -0.2) is 33.3 Å². The van der Waals surface area contributed by atoms with Crippen molar-refractivity contribution >= 4 is 78.5 Å². The van der Waals surface area contributed by atoms with E-state index in [9.17, 15) is 9.90 Å². The molecule has 35 heavy (non-hydrogen) atoms. The van der Waals surface area contributed by atoms with Gasteiger partial charge in [-0.15, -0.1) is 0 Å². The summed E-state index contributed by atoms with van der Waals surface area (Å²) in [5, 5.41) is 15.2. The SMILES string of the molecule is CCOC(=O)C1=C(O)C(=S)C(=Nc2cccc3ccccc23)C(=Nc2cccc3ccccc23)S1. The van der Waals surface area contributed by atoms with Crippen LogP contribution in [0.5, 0.6) is 0 Å². The summed E-state index contributed by atoms with van der Waals surface area (Å²) in [4.78, 5) is 22.4. The number of aliphatic imine (C=N–C) groups is 2. The van der Waals surface area contributed by atoms with Crippen molar-refractivity contribution < 1.29 is 14.6 Å². The summed E-state index contributed by atoms with van der Waals surface area (Å²) in [6.45, 7) is 1.88. The van der Waals surface area contributed by atoms with Gasteiger partial charge < -0.3 is 9.84 Å². The molecule has 0 spiro atoms. The molecule has 1 heterocycles. The summed E-state index contributed by atoms with van der Waals surface area (Å²) in [7, 11) is 0. The molecule has 4 aromatic rings. The molecule has 172 valence electrons. The van der Waals surface area contributed by atoms with Gasteiger partial charge >= 0.3 is 5.97 Å². The second-order valence-electron chi connectivity index (χ2n) is 7.70. The second-order valence-corrected chi connectivity index (χ2v) is 9.11. The molecule has 1 aliphatic heterocycles. The van der Waals surface area contributed by atoms with Crippen LogP contribution in [0, 0.1) is 0 Å². The molecule has 1 N–H and O–H groups in total. The third-order valence-electron chi connectivity index (χ3n) is 5.49. The van der Waals surface area contributed by atoms with Gasteiger partial charge in [0.2, 0.25) is 0 Å². The second kappa shape index (κ2) is 9.82. The highest BCUT2D eigenvalue weighted by Gasteiger charge is 2.33. The predicted octanol–water partition coefficient (Wildman–Crippen LogP) is 7.25. The first kappa shape index (κ1) is 23.0. The van der Waals surface area contributed by atoms with Gasteiger partial charge in [0, 0.05) is 10.8 Å². The number of rotatable bonds is 4. The molecule has 0 saturated carbocycles. The summed E-state index contributed by atoms with van der Waals surface area (Å²) in [6, 6.07) is 27.5. The number of carbonyl (C=O) groups excluding carboxylic acids is 1. The van der Waals surface area contributed by atoms with E-state index >= 15 is 0 Å². The highest BCUT2D eigenvalue weighted by molar-refractivity contribution is 8.20. The Labute approximate surface area is 211 Å². The van der Waals surface area contributed by atoms with Gasteiger partial charge in [-0.1, -0.05) is 96.8 Å². The number of allylic oxidation sites excluding steroid dienone is 1. The zero-order valence-electron chi connectivity index (χ0n) is 18.8. The quantitative estimate of drug-likeness (QED) is 0.238. The monoisotopic (exact) mass is 496 g/mol. The average Bonchev–Trinajstić information content (AvgIpc) is 2.88. The van der Waals surface area contributed by atoms with Crippen LogP contribution in [0.2, 0.25) is 0 Å². The van der Waals surface area contributed by atoms with E-state index in [0.717, 1.165) is 33.3 Å². The Balaban J connectivity index is 1.72. The lowest BCUT2D eigenvalue weighted by Gasteiger charge is -2.20. The zero-order valence-corrected chi connectivity index (χ0v) is 20.4. The first-order chi connectivity index (χ1) is 17.1. The number of thioether (sulfide) groups is 1. The third kappa shape index (κ3) is 4.48. The van der Waals surface area contributed by atoms with Crippen molar-refractivity contribution in [3.05, 3.63) is 95.6 Å². The lowest BCUT2D eigenvalue weighted by molar-refractivity contribution is -0.137. The minimum absolute atomic E-state index is 0.00714. The Morgan fingerprint density at radius 3 is 2.00 bits per heavy atom. The third-order valence-corrected chi connectivity index (χ3v) is 6.92. The maximum Gasteiger partial charge on any atom is 0.348 e. The van der Waals surface area contributed by atoms with Gasteiger partial charge in [-0.05, 0) is 29.8 Å². The highest BCUT2D eigenvalue weighted by Crippen LogP contribution is 2.35. The van der Waals surface area contributed by atoms with E-state index in [0.29, 0.717) is 22.1 Å². The van der Waals surface area contributed by atoms with E-state index in [1.165, 1.54) is 0 Å². The minimum Gasteiger partial charge on any atom is -0.505 e. The van der Waals surface area contributed by atoms with E-state index in [4.69, 9.17) is 26.9 Å². The van der Waals surface area contributed by atoms with Gasteiger partial charge in [-0.2, -0.15) is 0 Å². The van der Waals surface area contributed by atoms with Crippen molar-refractivity contribution in [1.29, 1.82) is 0 Å². The lowest BCUT2D eigenvalue weighted by Crippen LogP contribution is -2.29. The topological polar surface area (TPSA) is 71.2 Å². The van der Waals surface area contributed by atoms with Gasteiger partial charge in [-0.3, -0.25) is 0 Å². The van der Waals surface area contributed by atoms with Crippen LogP contribution in [-0.2, 0) is 9.53 Å². The molecular weight excluding hydrogens is 476 g/mol. The van der Waals surface area contributed by atoms with E-state index in [1.807, 2.05) is 84.9 Å². The molecule has 0 saturated heterocycles. The van der Waals surface area contributed by atoms with Crippen molar-refractivity contribution in [1.82, 2.24) is 0 Å². The molecule has 0 amide bonds. The number of ether oxygens (including phenoxy) is 1. The number of fused-ring (bicyclic) bond motifs is 2. The lowest BCUT2D eigenvalue weighted by atomic mass is 10.1. The Morgan fingerprint density at radius 2 is 1.40 bits per heavy atom. The number of aliphatic hydroxyl groups is 1. The Kier molecular flexibility index (Phi) is 6.44. The van der Waals surface area contributed by atoms with Gasteiger partial charge in [0.15, 0.2) is 5.76 Å². The van der Waals surface area contributed by atoms with Crippen LogP contribution in [0.15, 0.2) is 106 Å². The van der Waals surface area contributed by atoms with Crippen molar-refractivity contribution in [2.24, 2.45) is 9.98 Å². The normalized spacial score (nSPS) is 16.4. The standard InChI is InChI=1S/C28H20N2O3S2/c1-2-33-28(32)26-24(31)25(34)23(29-21-15-7-11-17-9-3-5-13-19(17)21)27(35-26)30-22-16-8-12-18-10-4-6-14-20(18)22/h3-16,31H,2H2,1H3. The van der Waals surface area contributed by atoms with Gasteiger partial charge in [0.25, 0.3) is 0 Å². The minimum atomic E-state index is -0.646. The predicted molar refractivity (Wildman–Crippen MR) is 149 cm³/mol. The van der Waals surface area contributed by atoms with Crippen LogP contribution in [0.3, 0.4) is 0 Å². The van der Waals surface area contributed by atoms with E-state index in [-0.39, 0.29) is 22.1 Å². The smallest absolute Gasteiger partial charge is 0.348 e. The van der Waals surface area contributed by atoms with Crippen molar-refractivity contribution in [3.8, 4) is 0 Å². The number of aliphatic hydroxyl groups excluding tert-OH is 1. The molecule has 1 aliphatic rings. The number of carbonyl (C=O) groups is 1. The van der Waals surface area contributed by atoms with E-state index in [2.05, 4.69) is 0 Å².